The molecule has 1 saturated heterocycles. The molecular weight excluding hydrogens is 226 g/mol. The molecule has 2 unspecified atom stereocenters. The first-order valence-electron chi connectivity index (χ1n) is 7.30. The van der Waals surface area contributed by atoms with E-state index in [1.807, 2.05) is 6.92 Å². The summed E-state index contributed by atoms with van der Waals surface area (Å²) in [7, 11) is 0. The van der Waals surface area contributed by atoms with Crippen molar-refractivity contribution >= 4 is 5.91 Å². The van der Waals surface area contributed by atoms with E-state index in [1.165, 1.54) is 12.8 Å². The normalized spacial score (nSPS) is 22.2. The first-order valence-corrected chi connectivity index (χ1v) is 7.30. The zero-order valence-electron chi connectivity index (χ0n) is 12.3. The van der Waals surface area contributed by atoms with Crippen LogP contribution in [0, 0.1) is 5.92 Å². The topological polar surface area (TPSA) is 44.4 Å². The van der Waals surface area contributed by atoms with Crippen LogP contribution in [0.5, 0.6) is 0 Å². The van der Waals surface area contributed by atoms with Gasteiger partial charge in [-0.2, -0.15) is 0 Å². The van der Waals surface area contributed by atoms with Gasteiger partial charge in [0.15, 0.2) is 0 Å². The molecule has 1 aliphatic heterocycles. The maximum atomic E-state index is 12.1. The van der Waals surface area contributed by atoms with Gasteiger partial charge >= 0.3 is 0 Å². The van der Waals surface area contributed by atoms with Crippen LogP contribution >= 0.6 is 0 Å². The maximum absolute atomic E-state index is 12.1. The van der Waals surface area contributed by atoms with Crippen molar-refractivity contribution in [3.05, 3.63) is 0 Å². The number of amides is 1. The third-order valence-corrected chi connectivity index (χ3v) is 3.67. The molecule has 4 nitrogen and oxygen atoms in total. The van der Waals surface area contributed by atoms with Crippen LogP contribution in [-0.4, -0.2) is 49.1 Å². The largest absolute Gasteiger partial charge is 0.354 e. The van der Waals surface area contributed by atoms with Crippen LogP contribution in [-0.2, 0) is 4.79 Å². The zero-order chi connectivity index (χ0) is 13.5. The molecule has 0 bridgehead atoms. The van der Waals surface area contributed by atoms with E-state index in [1.54, 1.807) is 0 Å². The number of hydrogen-bond acceptors (Lipinski definition) is 3. The third kappa shape index (κ3) is 4.58. The smallest absolute Gasteiger partial charge is 0.237 e. The molecule has 0 aromatic heterocycles. The number of carbonyl (C=O) groups is 1. The van der Waals surface area contributed by atoms with Crippen molar-refractivity contribution in [2.45, 2.75) is 52.6 Å². The number of hydrogen-bond donors (Lipinski definition) is 2. The zero-order valence-corrected chi connectivity index (χ0v) is 12.3. The molecule has 18 heavy (non-hydrogen) atoms. The van der Waals surface area contributed by atoms with Crippen LogP contribution < -0.4 is 10.6 Å². The van der Waals surface area contributed by atoms with E-state index in [0.29, 0.717) is 12.0 Å². The van der Waals surface area contributed by atoms with Crippen molar-refractivity contribution in [3.8, 4) is 0 Å². The predicted octanol–water partition coefficient (Wildman–Crippen LogP) is 1.22. The number of piperidine rings is 1. The molecule has 1 fully saturated rings. The van der Waals surface area contributed by atoms with Gasteiger partial charge in [-0.1, -0.05) is 20.8 Å². The summed E-state index contributed by atoms with van der Waals surface area (Å²) in [5.74, 6) is 0.670. The summed E-state index contributed by atoms with van der Waals surface area (Å²) in [6.07, 6.45) is 2.41. The van der Waals surface area contributed by atoms with Gasteiger partial charge in [-0.25, -0.2) is 0 Å². The SMILES string of the molecule is CCN(C1CCCNC1)C(C)C(=O)NCC(C)C. The summed E-state index contributed by atoms with van der Waals surface area (Å²) in [6, 6.07) is 0.474. The minimum absolute atomic E-state index is 0.0290. The van der Waals surface area contributed by atoms with Gasteiger partial charge in [0, 0.05) is 19.1 Å². The summed E-state index contributed by atoms with van der Waals surface area (Å²) in [4.78, 5) is 14.4. The fourth-order valence-corrected chi connectivity index (χ4v) is 2.57. The van der Waals surface area contributed by atoms with Crippen LogP contribution in [0.2, 0.25) is 0 Å². The van der Waals surface area contributed by atoms with Crippen LogP contribution in [0.1, 0.15) is 40.5 Å². The van der Waals surface area contributed by atoms with Gasteiger partial charge in [-0.3, -0.25) is 9.69 Å². The lowest BCUT2D eigenvalue weighted by Crippen LogP contribution is -2.54. The number of nitrogens with zero attached hydrogens (tertiary/aromatic N) is 1. The Bertz CT molecular complexity index is 249. The van der Waals surface area contributed by atoms with Crippen LogP contribution in [0.25, 0.3) is 0 Å². The predicted molar refractivity (Wildman–Crippen MR) is 75.6 cm³/mol. The molecule has 1 amide bonds. The highest BCUT2D eigenvalue weighted by Crippen LogP contribution is 2.13. The molecule has 0 saturated carbocycles. The average Bonchev–Trinajstić information content (AvgIpc) is 2.38. The van der Waals surface area contributed by atoms with Gasteiger partial charge in [0.05, 0.1) is 6.04 Å². The summed E-state index contributed by atoms with van der Waals surface area (Å²) in [5.41, 5.74) is 0. The number of rotatable bonds is 6. The fraction of sp³-hybridized carbons (Fsp3) is 0.929. The third-order valence-electron chi connectivity index (χ3n) is 3.67. The molecule has 0 radical (unpaired) electrons. The summed E-state index contributed by atoms with van der Waals surface area (Å²) < 4.78 is 0. The Morgan fingerprint density at radius 1 is 1.44 bits per heavy atom. The van der Waals surface area contributed by atoms with Gasteiger partial charge < -0.3 is 10.6 Å². The Hall–Kier alpha value is -0.610. The lowest BCUT2D eigenvalue weighted by atomic mass is 10.0. The Balaban J connectivity index is 2.49. The van der Waals surface area contributed by atoms with Crippen LogP contribution in [0.15, 0.2) is 0 Å². The fourth-order valence-electron chi connectivity index (χ4n) is 2.57. The van der Waals surface area contributed by atoms with Crippen molar-refractivity contribution < 1.29 is 4.79 Å². The summed E-state index contributed by atoms with van der Waals surface area (Å²) in [6.45, 7) is 12.2. The standard InChI is InChI=1S/C14H29N3O/c1-5-17(13-7-6-8-15-10-13)12(4)14(18)16-9-11(2)3/h11-13,15H,5-10H2,1-4H3,(H,16,18). The Kier molecular flexibility index (Phi) is 6.65. The van der Waals surface area contributed by atoms with E-state index in [9.17, 15) is 4.79 Å². The minimum Gasteiger partial charge on any atom is -0.354 e. The molecule has 1 heterocycles. The Morgan fingerprint density at radius 3 is 2.67 bits per heavy atom. The van der Waals surface area contributed by atoms with E-state index in [4.69, 9.17) is 0 Å². The molecule has 1 rings (SSSR count). The van der Waals surface area contributed by atoms with Crippen LogP contribution in [0.3, 0.4) is 0 Å². The molecule has 106 valence electrons. The first-order chi connectivity index (χ1) is 8.56. The number of likely N-dealkylation sites (N-methyl/N-ethyl adjacent to an activating group) is 1. The van der Waals surface area contributed by atoms with Gasteiger partial charge in [-0.15, -0.1) is 0 Å². The molecule has 0 spiro atoms. The van der Waals surface area contributed by atoms with Crippen molar-refractivity contribution in [3.63, 3.8) is 0 Å². The Morgan fingerprint density at radius 2 is 2.17 bits per heavy atom. The van der Waals surface area contributed by atoms with Crippen molar-refractivity contribution in [1.82, 2.24) is 15.5 Å². The lowest BCUT2D eigenvalue weighted by molar-refractivity contribution is -0.127. The summed E-state index contributed by atoms with van der Waals surface area (Å²) in [5, 5.41) is 6.46. The Labute approximate surface area is 111 Å². The molecular formula is C14H29N3O. The number of carbonyl (C=O) groups excluding carboxylic acids is 1. The molecule has 2 N–H and O–H groups in total. The highest BCUT2D eigenvalue weighted by Gasteiger charge is 2.27. The van der Waals surface area contributed by atoms with Gasteiger partial charge in [0.2, 0.25) is 5.91 Å². The second kappa shape index (κ2) is 7.74. The molecule has 0 aromatic carbocycles. The van der Waals surface area contributed by atoms with E-state index in [0.717, 1.165) is 26.2 Å². The van der Waals surface area contributed by atoms with Crippen molar-refractivity contribution in [1.29, 1.82) is 0 Å². The highest BCUT2D eigenvalue weighted by atomic mass is 16.2. The average molecular weight is 255 g/mol. The monoisotopic (exact) mass is 255 g/mol. The second-order valence-electron chi connectivity index (χ2n) is 5.65. The molecule has 1 aliphatic rings. The van der Waals surface area contributed by atoms with Crippen LogP contribution in [0.4, 0.5) is 0 Å². The lowest BCUT2D eigenvalue weighted by Gasteiger charge is -2.37. The summed E-state index contributed by atoms with van der Waals surface area (Å²) >= 11 is 0. The van der Waals surface area contributed by atoms with E-state index >= 15 is 0 Å². The molecule has 4 heteroatoms. The van der Waals surface area contributed by atoms with E-state index in [2.05, 4.69) is 36.3 Å². The second-order valence-corrected chi connectivity index (χ2v) is 5.65. The highest BCUT2D eigenvalue weighted by molar-refractivity contribution is 5.81. The molecule has 0 aromatic rings. The van der Waals surface area contributed by atoms with Crippen molar-refractivity contribution in [2.24, 2.45) is 5.92 Å². The van der Waals surface area contributed by atoms with E-state index in [-0.39, 0.29) is 11.9 Å². The molecule has 2 atom stereocenters. The molecule has 0 aliphatic carbocycles. The first kappa shape index (κ1) is 15.4. The number of nitrogens with one attached hydrogen (secondary N) is 2. The minimum atomic E-state index is -0.0290. The van der Waals surface area contributed by atoms with Gasteiger partial charge in [0.1, 0.15) is 0 Å². The quantitative estimate of drug-likeness (QED) is 0.750. The van der Waals surface area contributed by atoms with E-state index < -0.39 is 0 Å². The van der Waals surface area contributed by atoms with Crippen molar-refractivity contribution in [2.75, 3.05) is 26.2 Å². The van der Waals surface area contributed by atoms with Gasteiger partial charge in [-0.05, 0) is 38.8 Å². The van der Waals surface area contributed by atoms with Gasteiger partial charge in [0.25, 0.3) is 0 Å². The maximum Gasteiger partial charge on any atom is 0.237 e.